The van der Waals surface area contributed by atoms with Gasteiger partial charge in [0.15, 0.2) is 11.5 Å². The van der Waals surface area contributed by atoms with Crippen LogP contribution in [-0.4, -0.2) is 72.3 Å². The van der Waals surface area contributed by atoms with Crippen LogP contribution < -0.4 is 19.5 Å². The van der Waals surface area contributed by atoms with Crippen LogP contribution in [0.25, 0.3) is 0 Å². The zero-order chi connectivity index (χ0) is 30.1. The van der Waals surface area contributed by atoms with Crippen molar-refractivity contribution in [2.45, 2.75) is 31.7 Å². The maximum atomic E-state index is 13.9. The summed E-state index contributed by atoms with van der Waals surface area (Å²) in [6, 6.07) is 15.4. The smallest absolute Gasteiger partial charge is 0.270 e. The average molecular weight is 585 g/mol. The van der Waals surface area contributed by atoms with Crippen molar-refractivity contribution in [3.63, 3.8) is 0 Å². The molecular formula is C32H32N4O7. The van der Waals surface area contributed by atoms with Gasteiger partial charge in [0.2, 0.25) is 5.91 Å². The minimum atomic E-state index is -0.456. The molecule has 0 spiro atoms. The fourth-order valence-electron chi connectivity index (χ4n) is 5.66. The van der Waals surface area contributed by atoms with Gasteiger partial charge in [-0.05, 0) is 72.0 Å². The monoisotopic (exact) mass is 584 g/mol. The highest BCUT2D eigenvalue weighted by molar-refractivity contribution is 6.39. The minimum Gasteiger partial charge on any atom is -0.507 e. The van der Waals surface area contributed by atoms with Gasteiger partial charge in [0.1, 0.15) is 23.0 Å². The predicted octanol–water partition coefficient (Wildman–Crippen LogP) is 3.79. The van der Waals surface area contributed by atoms with E-state index in [1.54, 1.807) is 25.1 Å². The van der Waals surface area contributed by atoms with Crippen LogP contribution >= 0.6 is 0 Å². The molecule has 4 heterocycles. The second-order valence-electron chi connectivity index (χ2n) is 10.6. The number of nitrogens with zero attached hydrogens (tertiary/aromatic N) is 3. The third-order valence-corrected chi connectivity index (χ3v) is 7.87. The van der Waals surface area contributed by atoms with Crippen molar-refractivity contribution in [1.29, 1.82) is 0 Å². The summed E-state index contributed by atoms with van der Waals surface area (Å²) in [5.74, 6) is 1.12. The van der Waals surface area contributed by atoms with Crippen molar-refractivity contribution < 1.29 is 33.7 Å². The number of amides is 3. The van der Waals surface area contributed by atoms with Crippen molar-refractivity contribution in [2.24, 2.45) is 5.10 Å². The van der Waals surface area contributed by atoms with Gasteiger partial charge in [-0.15, -0.1) is 0 Å². The molecule has 11 nitrogen and oxygen atoms in total. The molecule has 7 rings (SSSR count). The van der Waals surface area contributed by atoms with E-state index in [1.807, 2.05) is 36.4 Å². The highest BCUT2D eigenvalue weighted by Gasteiger charge is 2.36. The van der Waals surface area contributed by atoms with Gasteiger partial charge in [0.25, 0.3) is 11.8 Å². The van der Waals surface area contributed by atoms with E-state index in [-0.39, 0.29) is 36.0 Å². The topological polar surface area (TPSA) is 130 Å². The summed E-state index contributed by atoms with van der Waals surface area (Å²) in [5.41, 5.74) is 3.22. The zero-order valence-electron chi connectivity index (χ0n) is 24.0. The number of benzene rings is 3. The second-order valence-corrected chi connectivity index (χ2v) is 10.6. The number of hydrogen-bond acceptors (Lipinski definition) is 8. The SMILES string of the molecule is COc1ccc2cc1OCCCNC(=O)c1cc(ccc1O)Oc1ccc3c(c1)CCN(C(=O)C1=NN(C)C(=O)CC1)C23. The molecule has 0 aromatic heterocycles. The number of carbonyl (C=O) groups excluding carboxylic acids is 3. The van der Waals surface area contributed by atoms with Crippen LogP contribution in [0.4, 0.5) is 0 Å². The van der Waals surface area contributed by atoms with E-state index in [9.17, 15) is 19.5 Å². The van der Waals surface area contributed by atoms with Gasteiger partial charge in [-0.25, -0.2) is 5.01 Å². The Balaban J connectivity index is 1.44. The van der Waals surface area contributed by atoms with Crippen LogP contribution in [0, 0.1) is 0 Å². The molecular weight excluding hydrogens is 552 g/mol. The Bertz CT molecular complexity index is 1640. The largest absolute Gasteiger partial charge is 0.507 e. The molecule has 0 saturated heterocycles. The Morgan fingerprint density at radius 3 is 2.67 bits per heavy atom. The Morgan fingerprint density at radius 1 is 1.05 bits per heavy atom. The molecule has 1 unspecified atom stereocenters. The standard InChI is InChI=1S/C32H32N4O7/c1-35-29(38)11-8-25(34-35)32(40)36-14-12-19-16-21-5-7-23(19)30(36)20-4-10-27(41-2)28(17-20)42-15-3-13-33-31(39)24-18-22(43-21)6-9-26(24)37/h4-7,9-10,16-18,30,37H,3,8,11-15H2,1-2H3,(H,33,39). The van der Waals surface area contributed by atoms with Gasteiger partial charge in [-0.1, -0.05) is 12.1 Å². The maximum absolute atomic E-state index is 13.9. The number of carbonyl (C=O) groups is 3. The van der Waals surface area contributed by atoms with Crippen LogP contribution in [0.3, 0.4) is 0 Å². The molecule has 4 aliphatic heterocycles. The molecule has 3 aromatic carbocycles. The van der Waals surface area contributed by atoms with E-state index in [0.29, 0.717) is 61.2 Å². The molecule has 3 amide bonds. The second kappa shape index (κ2) is 11.7. The summed E-state index contributed by atoms with van der Waals surface area (Å²) in [7, 11) is 3.13. The number of phenols is 1. The van der Waals surface area contributed by atoms with Crippen LogP contribution in [0.2, 0.25) is 0 Å². The Hall–Kier alpha value is -5.06. The van der Waals surface area contributed by atoms with Crippen molar-refractivity contribution in [2.75, 3.05) is 33.9 Å². The Morgan fingerprint density at radius 2 is 1.86 bits per heavy atom. The third kappa shape index (κ3) is 5.57. The van der Waals surface area contributed by atoms with Crippen molar-refractivity contribution in [3.05, 3.63) is 76.9 Å². The van der Waals surface area contributed by atoms with E-state index in [2.05, 4.69) is 10.4 Å². The lowest BCUT2D eigenvalue weighted by Crippen LogP contribution is -2.45. The van der Waals surface area contributed by atoms with Crippen molar-refractivity contribution in [3.8, 4) is 28.7 Å². The summed E-state index contributed by atoms with van der Waals surface area (Å²) >= 11 is 0. The van der Waals surface area contributed by atoms with Gasteiger partial charge >= 0.3 is 0 Å². The van der Waals surface area contributed by atoms with E-state index in [0.717, 1.165) is 16.7 Å². The molecule has 11 heteroatoms. The number of methoxy groups -OCH3 is 1. The molecule has 222 valence electrons. The number of aromatic hydroxyl groups is 1. The lowest BCUT2D eigenvalue weighted by atomic mass is 9.87. The molecule has 0 fully saturated rings. The number of phenolic OH excluding ortho intramolecular Hbond substituents is 1. The van der Waals surface area contributed by atoms with E-state index < -0.39 is 11.9 Å². The zero-order valence-corrected chi connectivity index (χ0v) is 24.0. The molecule has 8 bridgehead atoms. The van der Waals surface area contributed by atoms with Crippen LogP contribution in [0.5, 0.6) is 28.7 Å². The Kier molecular flexibility index (Phi) is 7.62. The first-order valence-corrected chi connectivity index (χ1v) is 14.2. The van der Waals surface area contributed by atoms with Crippen molar-refractivity contribution >= 4 is 23.4 Å². The van der Waals surface area contributed by atoms with Gasteiger partial charge in [0, 0.05) is 33.0 Å². The molecule has 3 aromatic rings. The van der Waals surface area contributed by atoms with Gasteiger partial charge < -0.3 is 29.5 Å². The molecule has 0 radical (unpaired) electrons. The fourth-order valence-corrected chi connectivity index (χ4v) is 5.66. The third-order valence-electron chi connectivity index (χ3n) is 7.87. The van der Waals surface area contributed by atoms with Gasteiger partial charge in [0.05, 0.1) is 25.3 Å². The number of hydrazone groups is 1. The highest BCUT2D eigenvalue weighted by Crippen LogP contribution is 2.41. The predicted molar refractivity (Wildman–Crippen MR) is 157 cm³/mol. The van der Waals surface area contributed by atoms with E-state index >= 15 is 0 Å². The maximum Gasteiger partial charge on any atom is 0.270 e. The fraction of sp³-hybridized carbons (Fsp3) is 0.312. The number of ether oxygens (including phenoxy) is 3. The Labute approximate surface area is 248 Å². The van der Waals surface area contributed by atoms with Gasteiger partial charge in [-0.3, -0.25) is 14.4 Å². The molecule has 2 N–H and O–H groups in total. The molecule has 0 aliphatic carbocycles. The summed E-state index contributed by atoms with van der Waals surface area (Å²) in [6.07, 6.45) is 1.59. The van der Waals surface area contributed by atoms with Crippen LogP contribution in [-0.2, 0) is 16.0 Å². The highest BCUT2D eigenvalue weighted by atomic mass is 16.5. The quantitative estimate of drug-likeness (QED) is 0.469. The number of nitrogens with one attached hydrogen (secondary N) is 1. The first-order valence-electron chi connectivity index (χ1n) is 14.2. The first-order chi connectivity index (χ1) is 20.8. The minimum absolute atomic E-state index is 0.110. The lowest BCUT2D eigenvalue weighted by Gasteiger charge is -2.38. The molecule has 1 atom stereocenters. The number of fused-ring (bicyclic) bond motifs is 6. The molecule has 43 heavy (non-hydrogen) atoms. The average Bonchev–Trinajstić information content (AvgIpc) is 3.01. The van der Waals surface area contributed by atoms with Gasteiger partial charge in [-0.2, -0.15) is 5.10 Å². The van der Waals surface area contributed by atoms with E-state index in [1.165, 1.54) is 17.1 Å². The molecule has 4 aliphatic rings. The summed E-state index contributed by atoms with van der Waals surface area (Å²) in [5, 5.41) is 18.7. The number of hydrogen-bond donors (Lipinski definition) is 2. The van der Waals surface area contributed by atoms with Crippen molar-refractivity contribution in [1.82, 2.24) is 15.2 Å². The summed E-state index contributed by atoms with van der Waals surface area (Å²) < 4.78 is 17.8. The number of rotatable bonds is 2. The van der Waals surface area contributed by atoms with E-state index in [4.69, 9.17) is 14.2 Å². The van der Waals surface area contributed by atoms with Crippen LogP contribution in [0.1, 0.15) is 52.4 Å². The van der Waals surface area contributed by atoms with Crippen LogP contribution in [0.15, 0.2) is 59.7 Å². The first kappa shape index (κ1) is 28.1. The summed E-state index contributed by atoms with van der Waals surface area (Å²) in [6.45, 7) is 1.03. The summed E-state index contributed by atoms with van der Waals surface area (Å²) in [4.78, 5) is 40.6. The molecule has 0 saturated carbocycles. The lowest BCUT2D eigenvalue weighted by molar-refractivity contribution is -0.131. The normalized spacial score (nSPS) is 18.5.